The highest BCUT2D eigenvalue weighted by atomic mass is 35.5. The molecule has 1 aromatic heterocycles. The lowest BCUT2D eigenvalue weighted by molar-refractivity contribution is 0.153. The topological polar surface area (TPSA) is 68.3 Å². The Morgan fingerprint density at radius 2 is 2.31 bits per heavy atom. The molecule has 7 heteroatoms. The molecule has 0 radical (unpaired) electrons. The molecule has 0 bridgehead atoms. The number of sulfonamides is 1. The lowest BCUT2D eigenvalue weighted by Crippen LogP contribution is -2.27. The van der Waals surface area contributed by atoms with E-state index in [1.807, 2.05) is 6.92 Å². The van der Waals surface area contributed by atoms with Gasteiger partial charge in [0.15, 0.2) is 0 Å². The zero-order valence-corrected chi connectivity index (χ0v) is 10.4. The van der Waals surface area contributed by atoms with Gasteiger partial charge in [-0.05, 0) is 19.1 Å². The Kier molecular flexibility index (Phi) is 5.14. The number of ether oxygens (including phenoxy) is 1. The highest BCUT2D eigenvalue weighted by molar-refractivity contribution is 7.89. The molecule has 0 aliphatic carbocycles. The zero-order valence-electron chi connectivity index (χ0n) is 8.81. The number of pyridine rings is 1. The smallest absolute Gasteiger partial charge is 0.243 e. The fourth-order valence-electron chi connectivity index (χ4n) is 1.04. The lowest BCUT2D eigenvalue weighted by Gasteiger charge is -2.07. The molecule has 0 aliphatic rings. The Morgan fingerprint density at radius 1 is 1.56 bits per heavy atom. The van der Waals surface area contributed by atoms with Crippen LogP contribution in [-0.4, -0.2) is 33.2 Å². The van der Waals surface area contributed by atoms with Crippen molar-refractivity contribution in [1.29, 1.82) is 0 Å². The number of halogens is 1. The molecule has 0 amide bonds. The van der Waals surface area contributed by atoms with Gasteiger partial charge in [-0.25, -0.2) is 18.1 Å². The lowest BCUT2D eigenvalue weighted by atomic mass is 10.5. The maximum atomic E-state index is 11.7. The fourth-order valence-corrected chi connectivity index (χ4v) is 2.51. The molecule has 1 N–H and O–H groups in total. The maximum absolute atomic E-state index is 11.7. The van der Waals surface area contributed by atoms with E-state index in [0.717, 1.165) is 0 Å². The molecule has 0 aliphatic heterocycles. The van der Waals surface area contributed by atoms with Crippen LogP contribution < -0.4 is 4.72 Å². The van der Waals surface area contributed by atoms with Crippen molar-refractivity contribution in [2.75, 3.05) is 19.8 Å². The fraction of sp³-hybridized carbons (Fsp3) is 0.444. The molecule has 1 rings (SSSR count). The number of nitrogens with zero attached hydrogens (tertiary/aromatic N) is 1. The van der Waals surface area contributed by atoms with Crippen LogP contribution in [0.3, 0.4) is 0 Å². The molecular formula is C9H13ClN2O3S. The van der Waals surface area contributed by atoms with Gasteiger partial charge in [0, 0.05) is 19.3 Å². The molecule has 16 heavy (non-hydrogen) atoms. The molecule has 0 aromatic carbocycles. The van der Waals surface area contributed by atoms with Gasteiger partial charge >= 0.3 is 0 Å². The van der Waals surface area contributed by atoms with Crippen LogP contribution in [0.1, 0.15) is 6.92 Å². The van der Waals surface area contributed by atoms with Crippen LogP contribution in [0, 0.1) is 0 Å². The number of nitrogens with one attached hydrogen (secondary N) is 1. The van der Waals surface area contributed by atoms with Crippen LogP contribution in [0.2, 0.25) is 5.15 Å². The first kappa shape index (κ1) is 13.4. The molecule has 0 fully saturated rings. The molecule has 0 spiro atoms. The molecule has 1 heterocycles. The summed E-state index contributed by atoms with van der Waals surface area (Å²) in [4.78, 5) is 3.68. The first-order valence-corrected chi connectivity index (χ1v) is 6.62. The molecule has 0 saturated heterocycles. The first-order valence-electron chi connectivity index (χ1n) is 4.76. The van der Waals surface area contributed by atoms with E-state index in [9.17, 15) is 8.42 Å². The van der Waals surface area contributed by atoms with Gasteiger partial charge in [-0.2, -0.15) is 0 Å². The van der Waals surface area contributed by atoms with E-state index in [1.165, 1.54) is 18.3 Å². The molecule has 0 unspecified atom stereocenters. The standard InChI is InChI=1S/C9H13ClN2O3S/c1-2-15-7-6-12-16(13,14)8-4-3-5-11-9(8)10/h3-5,12H,2,6-7H2,1H3. The predicted octanol–water partition coefficient (Wildman–Crippen LogP) is 1.05. The van der Waals surface area contributed by atoms with Crippen LogP contribution in [0.25, 0.3) is 0 Å². The monoisotopic (exact) mass is 264 g/mol. The van der Waals surface area contributed by atoms with Crippen molar-refractivity contribution in [3.8, 4) is 0 Å². The summed E-state index contributed by atoms with van der Waals surface area (Å²) in [7, 11) is -3.60. The third-order valence-electron chi connectivity index (χ3n) is 1.76. The molecule has 90 valence electrons. The minimum absolute atomic E-state index is 0.0202. The van der Waals surface area contributed by atoms with E-state index < -0.39 is 10.0 Å². The van der Waals surface area contributed by atoms with Gasteiger partial charge in [-0.1, -0.05) is 11.6 Å². The van der Waals surface area contributed by atoms with Gasteiger partial charge in [-0.15, -0.1) is 0 Å². The summed E-state index contributed by atoms with van der Waals surface area (Å²) < 4.78 is 30.8. The van der Waals surface area contributed by atoms with E-state index in [1.54, 1.807) is 0 Å². The van der Waals surface area contributed by atoms with Crippen LogP contribution in [-0.2, 0) is 14.8 Å². The Balaban J connectivity index is 2.68. The van der Waals surface area contributed by atoms with Crippen LogP contribution >= 0.6 is 11.6 Å². The van der Waals surface area contributed by atoms with Gasteiger partial charge < -0.3 is 4.74 Å². The molecular weight excluding hydrogens is 252 g/mol. The van der Waals surface area contributed by atoms with Gasteiger partial charge in [0.1, 0.15) is 10.0 Å². The van der Waals surface area contributed by atoms with Gasteiger partial charge in [-0.3, -0.25) is 0 Å². The highest BCUT2D eigenvalue weighted by Crippen LogP contribution is 2.16. The molecule has 1 aromatic rings. The SMILES string of the molecule is CCOCCNS(=O)(=O)c1cccnc1Cl. The highest BCUT2D eigenvalue weighted by Gasteiger charge is 2.17. The number of rotatable bonds is 6. The first-order chi connectivity index (χ1) is 7.58. The zero-order chi connectivity index (χ0) is 12.0. The van der Waals surface area contributed by atoms with E-state index >= 15 is 0 Å². The maximum Gasteiger partial charge on any atom is 0.243 e. The number of hydrogen-bond acceptors (Lipinski definition) is 4. The van der Waals surface area contributed by atoms with Crippen LogP contribution in [0.5, 0.6) is 0 Å². The quantitative estimate of drug-likeness (QED) is 0.616. The van der Waals surface area contributed by atoms with Crippen molar-refractivity contribution >= 4 is 21.6 Å². The molecule has 0 saturated carbocycles. The number of hydrogen-bond donors (Lipinski definition) is 1. The van der Waals surface area contributed by atoms with Crippen molar-refractivity contribution in [3.05, 3.63) is 23.5 Å². The summed E-state index contributed by atoms with van der Waals surface area (Å²) in [5.74, 6) is 0. The van der Waals surface area contributed by atoms with E-state index in [-0.39, 0.29) is 16.6 Å². The Morgan fingerprint density at radius 3 is 2.94 bits per heavy atom. The van der Waals surface area contributed by atoms with Crippen molar-refractivity contribution in [3.63, 3.8) is 0 Å². The van der Waals surface area contributed by atoms with Crippen molar-refractivity contribution in [2.45, 2.75) is 11.8 Å². The van der Waals surface area contributed by atoms with Crippen LogP contribution in [0.15, 0.2) is 23.2 Å². The van der Waals surface area contributed by atoms with Gasteiger partial charge in [0.05, 0.1) is 6.61 Å². The summed E-state index contributed by atoms with van der Waals surface area (Å²) in [6.45, 7) is 2.93. The Hall–Kier alpha value is -0.690. The summed E-state index contributed by atoms with van der Waals surface area (Å²) >= 11 is 5.69. The minimum atomic E-state index is -3.60. The molecule has 5 nitrogen and oxygen atoms in total. The second-order valence-electron chi connectivity index (χ2n) is 2.89. The van der Waals surface area contributed by atoms with Gasteiger partial charge in [0.25, 0.3) is 0 Å². The summed E-state index contributed by atoms with van der Waals surface area (Å²) in [6.07, 6.45) is 1.43. The third-order valence-corrected chi connectivity index (χ3v) is 3.66. The molecule has 0 atom stereocenters. The van der Waals surface area contributed by atoms with E-state index in [0.29, 0.717) is 13.2 Å². The normalized spacial score (nSPS) is 11.6. The Labute approximate surface area is 99.8 Å². The van der Waals surface area contributed by atoms with E-state index in [2.05, 4.69) is 9.71 Å². The average Bonchev–Trinajstić information content (AvgIpc) is 2.25. The van der Waals surface area contributed by atoms with Crippen molar-refractivity contribution in [2.24, 2.45) is 0 Å². The summed E-state index contributed by atoms with van der Waals surface area (Å²) in [5, 5.41) is -0.0357. The Bertz CT molecular complexity index is 436. The van der Waals surface area contributed by atoms with Crippen molar-refractivity contribution < 1.29 is 13.2 Å². The van der Waals surface area contributed by atoms with Crippen LogP contribution in [0.4, 0.5) is 0 Å². The van der Waals surface area contributed by atoms with Crippen molar-refractivity contribution in [1.82, 2.24) is 9.71 Å². The summed E-state index contributed by atoms with van der Waals surface area (Å²) in [5.41, 5.74) is 0. The predicted molar refractivity (Wildman–Crippen MR) is 60.9 cm³/mol. The second-order valence-corrected chi connectivity index (χ2v) is 4.98. The third kappa shape index (κ3) is 3.71. The number of aromatic nitrogens is 1. The summed E-state index contributed by atoms with van der Waals surface area (Å²) in [6, 6.07) is 2.92. The van der Waals surface area contributed by atoms with Gasteiger partial charge in [0.2, 0.25) is 10.0 Å². The largest absolute Gasteiger partial charge is 0.380 e. The average molecular weight is 265 g/mol. The second kappa shape index (κ2) is 6.15. The minimum Gasteiger partial charge on any atom is -0.380 e. The van der Waals surface area contributed by atoms with E-state index in [4.69, 9.17) is 16.3 Å².